The quantitative estimate of drug-likeness (QED) is 0.735. The summed E-state index contributed by atoms with van der Waals surface area (Å²) in [5, 5.41) is 0. The minimum atomic E-state index is 0.0673. The average Bonchev–Trinajstić information content (AvgIpc) is 2.38. The lowest BCUT2D eigenvalue weighted by Crippen LogP contribution is -2.37. The summed E-state index contributed by atoms with van der Waals surface area (Å²) >= 11 is 0. The van der Waals surface area contributed by atoms with Crippen molar-refractivity contribution in [1.82, 2.24) is 4.90 Å². The molecule has 0 spiro atoms. The van der Waals surface area contributed by atoms with E-state index in [1.54, 1.807) is 0 Å². The van der Waals surface area contributed by atoms with Gasteiger partial charge in [-0.3, -0.25) is 0 Å². The maximum absolute atomic E-state index is 5.56. The fraction of sp³-hybridized carbons (Fsp3) is 1.00. The zero-order valence-corrected chi connectivity index (χ0v) is 10.5. The molecule has 0 amide bonds. The molecule has 2 heterocycles. The molecule has 0 aromatic heterocycles. The predicted octanol–water partition coefficient (Wildman–Crippen LogP) is 2.26. The van der Waals surface area contributed by atoms with E-state index in [2.05, 4.69) is 11.8 Å². The van der Waals surface area contributed by atoms with Crippen molar-refractivity contribution in [3.05, 3.63) is 0 Å². The van der Waals surface area contributed by atoms with Crippen LogP contribution in [-0.2, 0) is 9.47 Å². The number of ether oxygens (including phenoxy) is 2. The van der Waals surface area contributed by atoms with Crippen LogP contribution in [0.25, 0.3) is 0 Å². The molecule has 94 valence electrons. The molecule has 2 aliphatic heterocycles. The molecule has 2 saturated heterocycles. The molecule has 0 radical (unpaired) electrons. The summed E-state index contributed by atoms with van der Waals surface area (Å²) in [5.74, 6) is 0.971. The van der Waals surface area contributed by atoms with Crippen LogP contribution in [0.15, 0.2) is 0 Å². The van der Waals surface area contributed by atoms with E-state index < -0.39 is 0 Å². The van der Waals surface area contributed by atoms with Gasteiger partial charge in [0.2, 0.25) is 0 Å². The molecule has 0 N–H and O–H groups in total. The summed E-state index contributed by atoms with van der Waals surface area (Å²) in [5.41, 5.74) is 0. The van der Waals surface area contributed by atoms with E-state index in [4.69, 9.17) is 9.47 Å². The Hall–Kier alpha value is -0.120. The Kier molecular flexibility index (Phi) is 5.07. The van der Waals surface area contributed by atoms with Crippen molar-refractivity contribution < 1.29 is 9.47 Å². The van der Waals surface area contributed by atoms with Gasteiger partial charge in [-0.05, 0) is 38.3 Å². The minimum absolute atomic E-state index is 0.0673. The smallest absolute Gasteiger partial charge is 0.158 e. The summed E-state index contributed by atoms with van der Waals surface area (Å²) in [6.07, 6.45) is 6.27. The molecule has 0 atom stereocenters. The van der Waals surface area contributed by atoms with Gasteiger partial charge >= 0.3 is 0 Å². The molecule has 2 rings (SSSR count). The van der Waals surface area contributed by atoms with Crippen LogP contribution in [-0.4, -0.2) is 44.0 Å². The van der Waals surface area contributed by atoms with Gasteiger partial charge in [-0.1, -0.05) is 13.3 Å². The molecule has 0 aromatic rings. The maximum atomic E-state index is 5.56. The van der Waals surface area contributed by atoms with Gasteiger partial charge in [0.25, 0.3) is 0 Å². The second-order valence-corrected chi connectivity index (χ2v) is 5.01. The first-order chi connectivity index (χ1) is 7.88. The lowest BCUT2D eigenvalue weighted by Gasteiger charge is -2.33. The number of rotatable bonds is 4. The van der Waals surface area contributed by atoms with Crippen LogP contribution in [0.2, 0.25) is 0 Å². The van der Waals surface area contributed by atoms with Crippen LogP contribution in [0, 0.1) is 5.92 Å². The van der Waals surface area contributed by atoms with E-state index in [-0.39, 0.29) is 6.29 Å². The summed E-state index contributed by atoms with van der Waals surface area (Å²) in [6.45, 7) is 7.74. The van der Waals surface area contributed by atoms with Crippen molar-refractivity contribution in [2.75, 3.05) is 32.8 Å². The third-order valence-corrected chi connectivity index (χ3v) is 3.86. The van der Waals surface area contributed by atoms with Crippen LogP contribution in [0.4, 0.5) is 0 Å². The van der Waals surface area contributed by atoms with Crippen LogP contribution < -0.4 is 0 Å². The van der Waals surface area contributed by atoms with Crippen LogP contribution in [0.3, 0.4) is 0 Å². The maximum Gasteiger partial charge on any atom is 0.158 e. The largest absolute Gasteiger partial charge is 0.353 e. The highest BCUT2D eigenvalue weighted by Gasteiger charge is 2.20. The molecular weight excluding hydrogens is 202 g/mol. The van der Waals surface area contributed by atoms with Crippen molar-refractivity contribution in [1.29, 1.82) is 0 Å². The zero-order chi connectivity index (χ0) is 11.2. The van der Waals surface area contributed by atoms with Gasteiger partial charge in [-0.2, -0.15) is 0 Å². The highest BCUT2D eigenvalue weighted by atomic mass is 16.7. The number of piperidine rings is 1. The number of hydrogen-bond donors (Lipinski definition) is 0. The third-order valence-electron chi connectivity index (χ3n) is 3.86. The first kappa shape index (κ1) is 12.3. The molecule has 0 saturated carbocycles. The Morgan fingerprint density at radius 2 is 1.81 bits per heavy atom. The van der Waals surface area contributed by atoms with E-state index in [1.165, 1.54) is 32.4 Å². The minimum Gasteiger partial charge on any atom is -0.353 e. The summed E-state index contributed by atoms with van der Waals surface area (Å²) in [4.78, 5) is 2.56. The van der Waals surface area contributed by atoms with Gasteiger partial charge in [0.1, 0.15) is 0 Å². The lowest BCUT2D eigenvalue weighted by molar-refractivity contribution is -0.182. The van der Waals surface area contributed by atoms with Crippen molar-refractivity contribution in [2.45, 2.75) is 45.3 Å². The zero-order valence-electron chi connectivity index (χ0n) is 10.5. The Labute approximate surface area is 99.1 Å². The second kappa shape index (κ2) is 6.58. The highest BCUT2D eigenvalue weighted by molar-refractivity contribution is 4.71. The molecule has 0 aliphatic carbocycles. The van der Waals surface area contributed by atoms with E-state index in [9.17, 15) is 0 Å². The standard InChI is InChI=1S/C13H25NO2/c1-2-12-4-7-14(8-5-12)9-6-13-15-10-3-11-16-13/h12-13H,2-11H2,1H3. The van der Waals surface area contributed by atoms with Gasteiger partial charge in [-0.25, -0.2) is 0 Å². The second-order valence-electron chi connectivity index (χ2n) is 5.01. The summed E-state index contributed by atoms with van der Waals surface area (Å²) in [7, 11) is 0. The predicted molar refractivity (Wildman–Crippen MR) is 64.4 cm³/mol. The Bertz CT molecular complexity index is 184. The van der Waals surface area contributed by atoms with E-state index in [1.807, 2.05) is 0 Å². The van der Waals surface area contributed by atoms with Crippen LogP contribution in [0.1, 0.15) is 39.0 Å². The molecule has 2 fully saturated rings. The van der Waals surface area contributed by atoms with E-state index in [0.717, 1.165) is 38.5 Å². The van der Waals surface area contributed by atoms with Crippen molar-refractivity contribution >= 4 is 0 Å². The third kappa shape index (κ3) is 3.72. The molecule has 0 aromatic carbocycles. The summed E-state index contributed by atoms with van der Waals surface area (Å²) < 4.78 is 11.1. The molecule has 3 heteroatoms. The molecule has 3 nitrogen and oxygen atoms in total. The van der Waals surface area contributed by atoms with E-state index in [0.29, 0.717) is 0 Å². The van der Waals surface area contributed by atoms with Crippen LogP contribution in [0.5, 0.6) is 0 Å². The fourth-order valence-corrected chi connectivity index (χ4v) is 2.61. The molecule has 16 heavy (non-hydrogen) atoms. The van der Waals surface area contributed by atoms with E-state index >= 15 is 0 Å². The fourth-order valence-electron chi connectivity index (χ4n) is 2.61. The Balaban J connectivity index is 1.59. The SMILES string of the molecule is CCC1CCN(CCC2OCCCO2)CC1. The Morgan fingerprint density at radius 3 is 2.44 bits per heavy atom. The lowest BCUT2D eigenvalue weighted by atomic mass is 9.94. The summed E-state index contributed by atoms with van der Waals surface area (Å²) in [6, 6.07) is 0. The van der Waals surface area contributed by atoms with Crippen molar-refractivity contribution in [2.24, 2.45) is 5.92 Å². The van der Waals surface area contributed by atoms with Crippen molar-refractivity contribution in [3.63, 3.8) is 0 Å². The highest BCUT2D eigenvalue weighted by Crippen LogP contribution is 2.20. The number of likely N-dealkylation sites (tertiary alicyclic amines) is 1. The Morgan fingerprint density at radius 1 is 1.12 bits per heavy atom. The monoisotopic (exact) mass is 227 g/mol. The van der Waals surface area contributed by atoms with Gasteiger partial charge in [0, 0.05) is 13.0 Å². The van der Waals surface area contributed by atoms with Gasteiger partial charge in [0.15, 0.2) is 6.29 Å². The molecule has 0 unspecified atom stereocenters. The topological polar surface area (TPSA) is 21.7 Å². The van der Waals surface area contributed by atoms with Gasteiger partial charge in [0.05, 0.1) is 13.2 Å². The molecule has 0 bridgehead atoms. The molecule has 2 aliphatic rings. The average molecular weight is 227 g/mol. The first-order valence-corrected chi connectivity index (χ1v) is 6.84. The van der Waals surface area contributed by atoms with Gasteiger partial charge in [-0.15, -0.1) is 0 Å². The normalized spacial score (nSPS) is 26.1. The van der Waals surface area contributed by atoms with Crippen molar-refractivity contribution in [3.8, 4) is 0 Å². The molecular formula is C13H25NO2. The number of hydrogen-bond acceptors (Lipinski definition) is 3. The first-order valence-electron chi connectivity index (χ1n) is 6.84. The van der Waals surface area contributed by atoms with Crippen LogP contribution >= 0.6 is 0 Å². The number of nitrogens with zero attached hydrogens (tertiary/aromatic N) is 1. The van der Waals surface area contributed by atoms with Gasteiger partial charge < -0.3 is 14.4 Å².